The van der Waals surface area contributed by atoms with E-state index in [1.807, 2.05) is 6.29 Å². The number of hydrogen-bond acceptors (Lipinski definition) is 2. The molecule has 28 heavy (non-hydrogen) atoms. The summed E-state index contributed by atoms with van der Waals surface area (Å²) < 4.78 is 0. The van der Waals surface area contributed by atoms with Gasteiger partial charge in [-0.25, -0.2) is 0 Å². The first-order valence-electron chi connectivity index (χ1n) is 12.8. The van der Waals surface area contributed by atoms with Crippen molar-refractivity contribution in [3.63, 3.8) is 0 Å². The second kappa shape index (κ2) is 27.0. The Morgan fingerprint density at radius 2 is 0.786 bits per heavy atom. The second-order valence-electron chi connectivity index (χ2n) is 8.58. The number of rotatable bonds is 25. The Morgan fingerprint density at radius 3 is 1.14 bits per heavy atom. The van der Waals surface area contributed by atoms with E-state index in [1.54, 1.807) is 0 Å². The van der Waals surface area contributed by atoms with Gasteiger partial charge in [0.1, 0.15) is 0 Å². The quantitative estimate of drug-likeness (QED) is 0.139. The maximum absolute atomic E-state index is 10.1. The number of unbranched alkanes of at least 4 members (excludes halogenated alkanes) is 20. The van der Waals surface area contributed by atoms with Gasteiger partial charge >= 0.3 is 0 Å². The summed E-state index contributed by atoms with van der Waals surface area (Å²) in [6.45, 7) is 2.30. The Balaban J connectivity index is 2.97. The highest BCUT2D eigenvalue weighted by atomic mass is 32.2. The summed E-state index contributed by atoms with van der Waals surface area (Å²) in [6, 6.07) is 0. The van der Waals surface area contributed by atoms with Crippen LogP contribution >= 0.6 is 11.8 Å². The molecule has 0 aromatic carbocycles. The van der Waals surface area contributed by atoms with Gasteiger partial charge in [-0.3, -0.25) is 4.79 Å². The van der Waals surface area contributed by atoms with Crippen LogP contribution in [0.4, 0.5) is 0 Å². The van der Waals surface area contributed by atoms with Crippen LogP contribution in [0.3, 0.4) is 0 Å². The van der Waals surface area contributed by atoms with Gasteiger partial charge in [0.25, 0.3) is 0 Å². The summed E-state index contributed by atoms with van der Waals surface area (Å²) in [6.07, 6.45) is 32.1. The zero-order valence-corrected chi connectivity index (χ0v) is 20.1. The van der Waals surface area contributed by atoms with E-state index in [1.165, 1.54) is 140 Å². The van der Waals surface area contributed by atoms with Crippen LogP contribution in [0.1, 0.15) is 148 Å². The van der Waals surface area contributed by atoms with Gasteiger partial charge in [-0.1, -0.05) is 122 Å². The smallest absolute Gasteiger partial charge is 0.198 e. The van der Waals surface area contributed by atoms with Crippen LogP contribution in [-0.2, 0) is 4.79 Å². The average molecular weight is 412 g/mol. The molecule has 0 aliphatic carbocycles. The summed E-state index contributed by atoms with van der Waals surface area (Å²) in [4.78, 5) is 10.1. The van der Waals surface area contributed by atoms with Crippen LogP contribution in [0.2, 0.25) is 0 Å². The summed E-state index contributed by atoms with van der Waals surface area (Å²) in [5.74, 6) is 2.69. The number of hydrogen-bond donors (Lipinski definition) is 0. The van der Waals surface area contributed by atoms with Crippen molar-refractivity contribution in [3.05, 3.63) is 0 Å². The molecule has 0 rings (SSSR count). The highest BCUT2D eigenvalue weighted by Gasteiger charge is 1.96. The van der Waals surface area contributed by atoms with E-state index in [2.05, 4.69) is 18.7 Å². The fraction of sp³-hybridized carbons (Fsp3) is 0.962. The van der Waals surface area contributed by atoms with Crippen molar-refractivity contribution in [3.8, 4) is 0 Å². The first-order valence-corrected chi connectivity index (χ1v) is 14.0. The van der Waals surface area contributed by atoms with Gasteiger partial charge in [0.05, 0.1) is 0 Å². The predicted octanol–water partition coefficient (Wildman–Crippen LogP) is 9.43. The third-order valence-corrected chi connectivity index (χ3v) is 6.86. The molecule has 0 saturated heterocycles. The van der Waals surface area contributed by atoms with Gasteiger partial charge < -0.3 is 0 Å². The van der Waals surface area contributed by atoms with E-state index in [9.17, 15) is 4.79 Å². The third-order valence-electron chi connectivity index (χ3n) is 5.71. The number of carbonyl (C=O) groups excluding carboxylic acids is 1. The molecule has 0 aromatic rings. The highest BCUT2D eigenvalue weighted by Crippen LogP contribution is 2.15. The lowest BCUT2D eigenvalue weighted by Crippen LogP contribution is -1.87. The summed E-state index contributed by atoms with van der Waals surface area (Å²) in [5, 5.41) is 0. The van der Waals surface area contributed by atoms with Crippen molar-refractivity contribution in [2.45, 2.75) is 148 Å². The molecule has 1 radical (unpaired) electrons. The summed E-state index contributed by atoms with van der Waals surface area (Å²) in [7, 11) is 0. The Hall–Kier alpha value is 0.0200. The zero-order valence-electron chi connectivity index (χ0n) is 19.3. The molecule has 0 spiro atoms. The molecule has 2 heteroatoms. The van der Waals surface area contributed by atoms with E-state index in [4.69, 9.17) is 0 Å². The molecule has 0 aromatic heterocycles. The van der Waals surface area contributed by atoms with Gasteiger partial charge in [0.15, 0.2) is 6.29 Å². The van der Waals surface area contributed by atoms with Crippen molar-refractivity contribution < 1.29 is 4.79 Å². The van der Waals surface area contributed by atoms with Crippen molar-refractivity contribution in [1.82, 2.24) is 0 Å². The number of thioether (sulfide) groups is 1. The van der Waals surface area contributed by atoms with Crippen LogP contribution < -0.4 is 0 Å². The largest absolute Gasteiger partial charge is 0.291 e. The Bertz CT molecular complexity index is 280. The lowest BCUT2D eigenvalue weighted by molar-refractivity contribution is 0.531. The Labute approximate surface area is 182 Å². The van der Waals surface area contributed by atoms with Crippen LogP contribution in [0.5, 0.6) is 0 Å². The maximum atomic E-state index is 10.1. The van der Waals surface area contributed by atoms with E-state index in [0.717, 1.165) is 6.42 Å². The fourth-order valence-electron chi connectivity index (χ4n) is 3.79. The van der Waals surface area contributed by atoms with Gasteiger partial charge in [-0.05, 0) is 30.8 Å². The van der Waals surface area contributed by atoms with E-state index >= 15 is 0 Å². The Kier molecular flexibility index (Phi) is 27.0. The minimum absolute atomic E-state index is 0.633. The second-order valence-corrected chi connectivity index (χ2v) is 9.80. The molecule has 0 amide bonds. The molecule has 0 saturated carbocycles. The average Bonchev–Trinajstić information content (AvgIpc) is 2.71. The minimum atomic E-state index is 0.633. The Morgan fingerprint density at radius 1 is 0.464 bits per heavy atom. The molecule has 0 unspecified atom stereocenters. The van der Waals surface area contributed by atoms with Crippen molar-refractivity contribution >= 4 is 18.0 Å². The summed E-state index contributed by atoms with van der Waals surface area (Å²) >= 11 is 2.15. The van der Waals surface area contributed by atoms with Crippen molar-refractivity contribution in [2.75, 3.05) is 11.5 Å². The van der Waals surface area contributed by atoms with Crippen molar-refractivity contribution in [1.29, 1.82) is 0 Å². The lowest BCUT2D eigenvalue weighted by atomic mass is 10.0. The minimum Gasteiger partial charge on any atom is -0.291 e. The third kappa shape index (κ3) is 26.0. The lowest BCUT2D eigenvalue weighted by Gasteiger charge is -2.04. The molecule has 0 aliphatic heterocycles. The van der Waals surface area contributed by atoms with Gasteiger partial charge in [0, 0.05) is 6.42 Å². The maximum Gasteiger partial charge on any atom is 0.198 e. The molecule has 0 bridgehead atoms. The molecule has 0 atom stereocenters. The summed E-state index contributed by atoms with van der Waals surface area (Å²) in [5.41, 5.74) is 0. The fourth-order valence-corrected chi connectivity index (χ4v) is 4.81. The standard InChI is InChI=1S/C26H51OS/c1-2-3-4-5-6-7-8-9-10-11-12-13-14-16-19-22-25-28-26-23-20-17-15-18-21-24-27/h2-23,25-26H2,1H3. The van der Waals surface area contributed by atoms with Gasteiger partial charge in [-0.15, -0.1) is 0 Å². The van der Waals surface area contributed by atoms with E-state index in [0.29, 0.717) is 6.42 Å². The first-order chi connectivity index (χ1) is 13.9. The van der Waals surface area contributed by atoms with E-state index in [-0.39, 0.29) is 0 Å². The monoisotopic (exact) mass is 411 g/mol. The molecule has 0 N–H and O–H groups in total. The molecule has 167 valence electrons. The van der Waals surface area contributed by atoms with Crippen molar-refractivity contribution in [2.24, 2.45) is 0 Å². The normalized spacial score (nSPS) is 11.2. The molecule has 0 fully saturated rings. The van der Waals surface area contributed by atoms with Gasteiger partial charge in [-0.2, -0.15) is 11.8 Å². The topological polar surface area (TPSA) is 17.1 Å². The van der Waals surface area contributed by atoms with Crippen LogP contribution in [-0.4, -0.2) is 17.8 Å². The highest BCUT2D eigenvalue weighted by molar-refractivity contribution is 7.99. The van der Waals surface area contributed by atoms with E-state index < -0.39 is 0 Å². The molecule has 1 nitrogen and oxygen atoms in total. The predicted molar refractivity (Wildman–Crippen MR) is 130 cm³/mol. The molecular formula is C26H51OS. The van der Waals surface area contributed by atoms with Crippen LogP contribution in [0.15, 0.2) is 0 Å². The SMILES string of the molecule is CCCCCCCCCCCCCCCCCCSCCCCCCC[C]=O. The molecular weight excluding hydrogens is 360 g/mol. The van der Waals surface area contributed by atoms with Crippen LogP contribution in [0, 0.1) is 0 Å². The first kappa shape index (κ1) is 28.0. The molecule has 0 aliphatic rings. The van der Waals surface area contributed by atoms with Gasteiger partial charge in [0.2, 0.25) is 0 Å². The van der Waals surface area contributed by atoms with Crippen LogP contribution in [0.25, 0.3) is 0 Å². The zero-order chi connectivity index (χ0) is 20.4. The molecule has 0 heterocycles.